The van der Waals surface area contributed by atoms with E-state index in [2.05, 4.69) is 49.0 Å². The zero-order valence-corrected chi connectivity index (χ0v) is 12.7. The first-order valence-corrected chi connectivity index (χ1v) is 7.30. The van der Waals surface area contributed by atoms with Gasteiger partial charge in [-0.3, -0.25) is 0 Å². The first-order chi connectivity index (χ1) is 8.74. The Morgan fingerprint density at radius 3 is 2.67 bits per heavy atom. The quantitative estimate of drug-likeness (QED) is 0.917. The number of nitrogens with zero attached hydrogens (tertiary/aromatic N) is 3. The molecule has 0 unspecified atom stereocenters. The predicted octanol–water partition coefficient (Wildman–Crippen LogP) is 1.71. The van der Waals surface area contributed by atoms with Gasteiger partial charge in [0.05, 0.1) is 0 Å². The second-order valence-corrected chi connectivity index (χ2v) is 5.50. The van der Waals surface area contributed by atoms with E-state index in [0.717, 1.165) is 49.6 Å². The third kappa shape index (κ3) is 3.22. The Labute approximate surface area is 118 Å². The maximum Gasteiger partial charge on any atom is 0.133 e. The third-order valence-corrected chi connectivity index (χ3v) is 3.83. The molecule has 0 atom stereocenters. The highest BCUT2D eigenvalue weighted by Crippen LogP contribution is 2.22. The van der Waals surface area contributed by atoms with Crippen LogP contribution in [0.25, 0.3) is 0 Å². The van der Waals surface area contributed by atoms with Gasteiger partial charge in [-0.15, -0.1) is 0 Å². The summed E-state index contributed by atoms with van der Waals surface area (Å²) in [6, 6.07) is 2.16. The number of halogens is 1. The lowest BCUT2D eigenvalue weighted by molar-refractivity contribution is 0.270. The van der Waals surface area contributed by atoms with Crippen LogP contribution in [0, 0.1) is 0 Å². The van der Waals surface area contributed by atoms with Crippen molar-refractivity contribution in [3.8, 4) is 0 Å². The number of likely N-dealkylation sites (N-methyl/N-ethyl adjacent to an activating group) is 1. The number of nitrogens with one attached hydrogen (secondary N) is 1. The summed E-state index contributed by atoms with van der Waals surface area (Å²) >= 11 is 3.49. The zero-order chi connectivity index (χ0) is 13.0. The molecule has 0 saturated carbocycles. The van der Waals surface area contributed by atoms with Crippen LogP contribution in [-0.4, -0.2) is 49.7 Å². The van der Waals surface area contributed by atoms with Crippen molar-refractivity contribution in [3.05, 3.63) is 22.3 Å². The summed E-state index contributed by atoms with van der Waals surface area (Å²) in [5.41, 5.74) is 1.26. The Bertz CT molecular complexity index is 389. The Balaban J connectivity index is 2.13. The van der Waals surface area contributed by atoms with Gasteiger partial charge in [0.1, 0.15) is 5.82 Å². The molecular formula is C13H21BrN4. The van der Waals surface area contributed by atoms with Crippen molar-refractivity contribution in [2.45, 2.75) is 13.5 Å². The van der Waals surface area contributed by atoms with Gasteiger partial charge in [0.15, 0.2) is 0 Å². The Morgan fingerprint density at radius 2 is 2.06 bits per heavy atom. The van der Waals surface area contributed by atoms with E-state index in [4.69, 9.17) is 0 Å². The number of pyridine rings is 1. The standard InChI is InChI=1S/C13H21BrN4/c1-3-17-4-6-18(7-5-17)13-11(9-15-2)8-12(14)10-16-13/h8,10,15H,3-7,9H2,1-2H3. The van der Waals surface area contributed by atoms with Gasteiger partial charge in [-0.2, -0.15) is 0 Å². The molecule has 18 heavy (non-hydrogen) atoms. The Kier molecular flexibility index (Phi) is 4.97. The minimum atomic E-state index is 0.857. The van der Waals surface area contributed by atoms with Gasteiger partial charge >= 0.3 is 0 Å². The fourth-order valence-electron chi connectivity index (χ4n) is 2.36. The van der Waals surface area contributed by atoms with Gasteiger partial charge in [-0.05, 0) is 35.6 Å². The van der Waals surface area contributed by atoms with E-state index in [1.165, 1.54) is 5.56 Å². The predicted molar refractivity (Wildman–Crippen MR) is 79.0 cm³/mol. The molecule has 2 heterocycles. The molecule has 5 heteroatoms. The molecular weight excluding hydrogens is 292 g/mol. The van der Waals surface area contributed by atoms with Crippen molar-refractivity contribution >= 4 is 21.7 Å². The van der Waals surface area contributed by atoms with E-state index in [-0.39, 0.29) is 0 Å². The number of anilines is 1. The van der Waals surface area contributed by atoms with Gasteiger partial charge in [0, 0.05) is 49.0 Å². The zero-order valence-electron chi connectivity index (χ0n) is 11.1. The summed E-state index contributed by atoms with van der Waals surface area (Å²) in [5.74, 6) is 1.13. The molecule has 1 saturated heterocycles. The average Bonchev–Trinajstić information content (AvgIpc) is 2.40. The van der Waals surface area contributed by atoms with E-state index in [1.54, 1.807) is 0 Å². The summed E-state index contributed by atoms with van der Waals surface area (Å²) in [7, 11) is 1.97. The first-order valence-electron chi connectivity index (χ1n) is 6.51. The molecule has 0 bridgehead atoms. The smallest absolute Gasteiger partial charge is 0.133 e. The topological polar surface area (TPSA) is 31.4 Å². The molecule has 1 aromatic rings. The number of hydrogen-bond donors (Lipinski definition) is 1. The Morgan fingerprint density at radius 1 is 1.33 bits per heavy atom. The number of aromatic nitrogens is 1. The van der Waals surface area contributed by atoms with Crippen molar-refractivity contribution < 1.29 is 0 Å². The first kappa shape index (κ1) is 13.8. The molecule has 0 aromatic carbocycles. The molecule has 1 fully saturated rings. The largest absolute Gasteiger partial charge is 0.354 e. The summed E-state index contributed by atoms with van der Waals surface area (Å²) in [6.07, 6.45) is 1.89. The van der Waals surface area contributed by atoms with Crippen LogP contribution in [-0.2, 0) is 6.54 Å². The van der Waals surface area contributed by atoms with E-state index < -0.39 is 0 Å². The highest BCUT2D eigenvalue weighted by molar-refractivity contribution is 9.10. The monoisotopic (exact) mass is 312 g/mol. The van der Waals surface area contributed by atoms with E-state index in [0.29, 0.717) is 0 Å². The lowest BCUT2D eigenvalue weighted by atomic mass is 10.2. The fourth-order valence-corrected chi connectivity index (χ4v) is 2.73. The molecule has 100 valence electrons. The molecule has 0 amide bonds. The van der Waals surface area contributed by atoms with Gasteiger partial charge in [0.25, 0.3) is 0 Å². The van der Waals surface area contributed by atoms with Crippen LogP contribution in [0.2, 0.25) is 0 Å². The molecule has 0 spiro atoms. The molecule has 0 aliphatic carbocycles. The van der Waals surface area contributed by atoms with Crippen LogP contribution in [0.15, 0.2) is 16.7 Å². The van der Waals surface area contributed by atoms with E-state index in [1.807, 2.05) is 13.2 Å². The van der Waals surface area contributed by atoms with Gasteiger partial charge in [-0.1, -0.05) is 6.92 Å². The van der Waals surface area contributed by atoms with Crippen molar-refractivity contribution in [2.24, 2.45) is 0 Å². The van der Waals surface area contributed by atoms with Crippen molar-refractivity contribution in [2.75, 3.05) is 44.7 Å². The summed E-state index contributed by atoms with van der Waals surface area (Å²) < 4.78 is 1.05. The number of piperazine rings is 1. The van der Waals surface area contributed by atoms with Gasteiger partial charge < -0.3 is 15.1 Å². The SMILES string of the molecule is CCN1CCN(c2ncc(Br)cc2CNC)CC1. The van der Waals surface area contributed by atoms with Crippen LogP contribution in [0.4, 0.5) is 5.82 Å². The van der Waals surface area contributed by atoms with Gasteiger partial charge in [0.2, 0.25) is 0 Å². The van der Waals surface area contributed by atoms with E-state index >= 15 is 0 Å². The molecule has 0 radical (unpaired) electrons. The lowest BCUT2D eigenvalue weighted by Crippen LogP contribution is -2.46. The van der Waals surface area contributed by atoms with Crippen LogP contribution in [0.1, 0.15) is 12.5 Å². The number of rotatable bonds is 4. The van der Waals surface area contributed by atoms with Crippen molar-refractivity contribution in [1.29, 1.82) is 0 Å². The fraction of sp³-hybridized carbons (Fsp3) is 0.615. The van der Waals surface area contributed by atoms with Crippen molar-refractivity contribution in [3.63, 3.8) is 0 Å². The molecule has 4 nitrogen and oxygen atoms in total. The molecule has 1 N–H and O–H groups in total. The number of hydrogen-bond acceptors (Lipinski definition) is 4. The lowest BCUT2D eigenvalue weighted by Gasteiger charge is -2.35. The maximum atomic E-state index is 4.59. The minimum absolute atomic E-state index is 0.857. The molecule has 2 rings (SSSR count). The maximum absolute atomic E-state index is 4.59. The van der Waals surface area contributed by atoms with Crippen LogP contribution in [0.5, 0.6) is 0 Å². The molecule has 1 aliphatic heterocycles. The molecule has 1 aliphatic rings. The Hall–Kier alpha value is -0.650. The summed E-state index contributed by atoms with van der Waals surface area (Å²) in [6.45, 7) is 8.62. The third-order valence-electron chi connectivity index (χ3n) is 3.40. The second kappa shape index (κ2) is 6.50. The summed E-state index contributed by atoms with van der Waals surface area (Å²) in [4.78, 5) is 9.47. The van der Waals surface area contributed by atoms with Crippen LogP contribution < -0.4 is 10.2 Å². The average molecular weight is 313 g/mol. The normalized spacial score (nSPS) is 17.2. The highest BCUT2D eigenvalue weighted by atomic mass is 79.9. The van der Waals surface area contributed by atoms with Crippen molar-refractivity contribution in [1.82, 2.24) is 15.2 Å². The van der Waals surface area contributed by atoms with Crippen LogP contribution in [0.3, 0.4) is 0 Å². The second-order valence-electron chi connectivity index (χ2n) is 4.59. The van der Waals surface area contributed by atoms with Crippen LogP contribution >= 0.6 is 15.9 Å². The minimum Gasteiger partial charge on any atom is -0.354 e. The van der Waals surface area contributed by atoms with Gasteiger partial charge in [-0.25, -0.2) is 4.98 Å². The van der Waals surface area contributed by atoms with E-state index in [9.17, 15) is 0 Å². The highest BCUT2D eigenvalue weighted by Gasteiger charge is 2.19. The molecule has 1 aromatic heterocycles. The summed E-state index contributed by atoms with van der Waals surface area (Å²) in [5, 5.41) is 3.21.